The highest BCUT2D eigenvalue weighted by atomic mass is 35.5. The Morgan fingerprint density at radius 2 is 1.67 bits per heavy atom. The van der Waals surface area contributed by atoms with Crippen LogP contribution in [-0.4, -0.2) is 76.5 Å². The third-order valence-corrected chi connectivity index (χ3v) is 10.3. The Balaban J connectivity index is 1.77. The number of nitrogens with zero attached hydrogens (tertiary/aromatic N) is 3. The monoisotopic (exact) mass is 491 g/mol. The molecule has 1 amide bonds. The molecule has 1 aliphatic rings. The molecule has 1 aromatic carbocycles. The maximum atomic E-state index is 13.0. The van der Waals surface area contributed by atoms with Crippen molar-refractivity contribution in [1.29, 1.82) is 0 Å². The van der Waals surface area contributed by atoms with Gasteiger partial charge in [0.25, 0.3) is 15.9 Å². The van der Waals surface area contributed by atoms with Crippen molar-refractivity contribution in [3.8, 4) is 0 Å². The van der Waals surface area contributed by atoms with Gasteiger partial charge in [0, 0.05) is 45.2 Å². The second-order valence-corrected chi connectivity index (χ2v) is 13.0. The van der Waals surface area contributed by atoms with E-state index in [0.29, 0.717) is 0 Å². The molecule has 0 radical (unpaired) electrons. The lowest BCUT2D eigenvalue weighted by atomic mass is 10.2. The smallest absolute Gasteiger partial charge is 0.255 e. The molecule has 0 aliphatic carbocycles. The zero-order valence-electron chi connectivity index (χ0n) is 16.7. The number of aryl methyl sites for hydroxylation is 1. The van der Waals surface area contributed by atoms with E-state index in [4.69, 9.17) is 11.6 Å². The van der Waals surface area contributed by atoms with Crippen molar-refractivity contribution < 1.29 is 21.6 Å². The molecule has 1 fully saturated rings. The molecule has 0 bridgehead atoms. The van der Waals surface area contributed by atoms with E-state index in [2.05, 4.69) is 0 Å². The Kier molecular flexibility index (Phi) is 6.61. The van der Waals surface area contributed by atoms with Gasteiger partial charge in [-0.05, 0) is 37.3 Å². The van der Waals surface area contributed by atoms with Crippen molar-refractivity contribution in [3.63, 3.8) is 0 Å². The first kappa shape index (κ1) is 23.2. The number of sulfonamides is 2. The molecule has 0 N–H and O–H groups in total. The minimum Gasteiger partial charge on any atom is -0.336 e. The Hall–Kier alpha value is -1.50. The van der Waals surface area contributed by atoms with Crippen LogP contribution in [0.5, 0.6) is 0 Å². The summed E-state index contributed by atoms with van der Waals surface area (Å²) < 4.78 is 53.0. The fourth-order valence-corrected chi connectivity index (χ4v) is 7.01. The Morgan fingerprint density at radius 1 is 1.03 bits per heavy atom. The van der Waals surface area contributed by atoms with Gasteiger partial charge in [0.15, 0.2) is 0 Å². The van der Waals surface area contributed by atoms with Gasteiger partial charge < -0.3 is 4.90 Å². The lowest BCUT2D eigenvalue weighted by Crippen LogP contribution is -2.50. The van der Waals surface area contributed by atoms with E-state index < -0.39 is 26.0 Å². The van der Waals surface area contributed by atoms with E-state index >= 15 is 0 Å². The van der Waals surface area contributed by atoms with E-state index in [1.54, 1.807) is 12.1 Å². The average Bonchev–Trinajstić information content (AvgIpc) is 3.15. The maximum Gasteiger partial charge on any atom is 0.255 e. The van der Waals surface area contributed by atoms with Gasteiger partial charge in [0.05, 0.1) is 15.5 Å². The number of rotatable bonds is 5. The van der Waals surface area contributed by atoms with E-state index in [9.17, 15) is 21.6 Å². The van der Waals surface area contributed by atoms with Crippen molar-refractivity contribution in [1.82, 2.24) is 13.5 Å². The number of amides is 1. The number of piperazine rings is 1. The number of benzene rings is 1. The Bertz CT molecular complexity index is 1170. The Morgan fingerprint density at radius 3 is 2.20 bits per heavy atom. The van der Waals surface area contributed by atoms with Gasteiger partial charge in [0.1, 0.15) is 4.21 Å². The number of carbonyl (C=O) groups is 1. The highest BCUT2D eigenvalue weighted by Crippen LogP contribution is 2.27. The minimum absolute atomic E-state index is 0.0328. The van der Waals surface area contributed by atoms with Crippen molar-refractivity contribution in [2.24, 2.45) is 0 Å². The molecular formula is C18H22ClN3O5S3. The molecule has 1 aromatic heterocycles. The summed E-state index contributed by atoms with van der Waals surface area (Å²) in [6.07, 6.45) is 0. The van der Waals surface area contributed by atoms with Gasteiger partial charge in [-0.25, -0.2) is 21.1 Å². The van der Waals surface area contributed by atoms with Crippen LogP contribution in [0, 0.1) is 6.92 Å². The lowest BCUT2D eigenvalue weighted by Gasteiger charge is -2.34. The molecule has 2 aromatic rings. The first-order valence-electron chi connectivity index (χ1n) is 9.02. The van der Waals surface area contributed by atoms with Crippen LogP contribution >= 0.6 is 22.9 Å². The van der Waals surface area contributed by atoms with Crippen LogP contribution in [0.4, 0.5) is 0 Å². The molecular weight excluding hydrogens is 470 g/mol. The predicted octanol–water partition coefficient (Wildman–Crippen LogP) is 2.11. The number of carbonyl (C=O) groups excluding carboxylic acids is 1. The van der Waals surface area contributed by atoms with E-state index in [-0.39, 0.29) is 45.9 Å². The highest BCUT2D eigenvalue weighted by molar-refractivity contribution is 7.91. The second-order valence-electron chi connectivity index (χ2n) is 6.99. The summed E-state index contributed by atoms with van der Waals surface area (Å²) in [5.74, 6) is -0.431. The molecule has 2 heterocycles. The van der Waals surface area contributed by atoms with Crippen LogP contribution in [-0.2, 0) is 20.0 Å². The molecule has 0 atom stereocenters. The van der Waals surface area contributed by atoms with Crippen LogP contribution in [0.1, 0.15) is 15.2 Å². The molecule has 0 spiro atoms. The summed E-state index contributed by atoms with van der Waals surface area (Å²) in [6.45, 7) is 2.51. The molecule has 0 unspecified atom stereocenters. The quantitative estimate of drug-likeness (QED) is 0.638. The largest absolute Gasteiger partial charge is 0.336 e. The lowest BCUT2D eigenvalue weighted by molar-refractivity contribution is 0.0698. The van der Waals surface area contributed by atoms with Crippen LogP contribution in [0.25, 0.3) is 0 Å². The van der Waals surface area contributed by atoms with Gasteiger partial charge in [-0.1, -0.05) is 11.6 Å². The van der Waals surface area contributed by atoms with Crippen molar-refractivity contribution in [3.05, 3.63) is 45.8 Å². The molecule has 30 heavy (non-hydrogen) atoms. The van der Waals surface area contributed by atoms with Gasteiger partial charge in [-0.2, -0.15) is 4.31 Å². The minimum atomic E-state index is -3.72. The maximum absolute atomic E-state index is 13.0. The average molecular weight is 492 g/mol. The summed E-state index contributed by atoms with van der Waals surface area (Å²) in [5, 5.41) is 0.141. The normalized spacial score (nSPS) is 16.2. The summed E-state index contributed by atoms with van der Waals surface area (Å²) in [5.41, 5.74) is 0.0739. The molecule has 8 nitrogen and oxygen atoms in total. The molecule has 1 aliphatic heterocycles. The van der Waals surface area contributed by atoms with Crippen molar-refractivity contribution in [2.45, 2.75) is 16.0 Å². The van der Waals surface area contributed by atoms with Crippen LogP contribution in [0.15, 0.2) is 39.4 Å². The fraction of sp³-hybridized carbons (Fsp3) is 0.389. The van der Waals surface area contributed by atoms with Gasteiger partial charge in [-0.3, -0.25) is 4.79 Å². The molecule has 0 saturated carbocycles. The van der Waals surface area contributed by atoms with Crippen LogP contribution < -0.4 is 0 Å². The van der Waals surface area contributed by atoms with Gasteiger partial charge in [0.2, 0.25) is 10.0 Å². The van der Waals surface area contributed by atoms with Crippen molar-refractivity contribution in [2.75, 3.05) is 40.3 Å². The number of halogens is 1. The third-order valence-electron chi connectivity index (χ3n) is 4.78. The summed E-state index contributed by atoms with van der Waals surface area (Å²) in [6, 6.07) is 7.34. The third kappa shape index (κ3) is 4.41. The van der Waals surface area contributed by atoms with Crippen LogP contribution in [0.3, 0.4) is 0 Å². The highest BCUT2D eigenvalue weighted by Gasteiger charge is 2.32. The van der Waals surface area contributed by atoms with Crippen LogP contribution in [0.2, 0.25) is 5.02 Å². The number of hydrogen-bond donors (Lipinski definition) is 0. The summed E-state index contributed by atoms with van der Waals surface area (Å²) in [4.78, 5) is 15.3. The summed E-state index contributed by atoms with van der Waals surface area (Å²) in [7, 11) is -4.51. The molecule has 12 heteroatoms. The standard InChI is InChI=1S/C18H22ClN3O5S3/c1-13-4-7-17(28-13)30(26,27)22-10-8-21(9-11-22)18(23)15-12-14(5-6-16(15)19)29(24,25)20(2)3/h4-7,12H,8-11H2,1-3H3. The first-order valence-corrected chi connectivity index (χ1v) is 13.1. The first-order chi connectivity index (χ1) is 13.9. The SMILES string of the molecule is Cc1ccc(S(=O)(=O)N2CCN(C(=O)c3cc(S(=O)(=O)N(C)C)ccc3Cl)CC2)s1. The molecule has 3 rings (SSSR count). The fourth-order valence-electron chi connectivity index (χ4n) is 3.02. The second kappa shape index (κ2) is 8.56. The molecule has 164 valence electrons. The van der Waals surface area contributed by atoms with Crippen molar-refractivity contribution >= 4 is 48.9 Å². The van der Waals surface area contributed by atoms with Gasteiger partial charge >= 0.3 is 0 Å². The predicted molar refractivity (Wildman–Crippen MR) is 116 cm³/mol. The van der Waals surface area contributed by atoms with Gasteiger partial charge in [-0.15, -0.1) is 11.3 Å². The number of thiophene rings is 1. The Labute approximate surface area is 185 Å². The zero-order chi connectivity index (χ0) is 22.3. The zero-order valence-corrected chi connectivity index (χ0v) is 19.9. The summed E-state index contributed by atoms with van der Waals surface area (Å²) >= 11 is 7.37. The molecule has 1 saturated heterocycles. The number of hydrogen-bond acceptors (Lipinski definition) is 6. The van der Waals surface area contributed by atoms with E-state index in [0.717, 1.165) is 9.18 Å². The topological polar surface area (TPSA) is 95.1 Å². The van der Waals surface area contributed by atoms with E-state index in [1.165, 1.54) is 52.8 Å². The van der Waals surface area contributed by atoms with E-state index in [1.807, 2.05) is 6.92 Å².